The molecule has 0 unspecified atom stereocenters. The quantitative estimate of drug-likeness (QED) is 0.407. The van der Waals surface area contributed by atoms with Crippen LogP contribution < -0.4 is 10.1 Å². The lowest BCUT2D eigenvalue weighted by Gasteiger charge is -2.24. The van der Waals surface area contributed by atoms with E-state index < -0.39 is 0 Å². The number of nitrogens with zero attached hydrogens (tertiary/aromatic N) is 3. The minimum Gasteiger partial charge on any atom is -0.486 e. The number of rotatable bonds is 8. The zero-order chi connectivity index (χ0) is 20.3. The van der Waals surface area contributed by atoms with Crippen molar-refractivity contribution in [3.63, 3.8) is 0 Å². The molecule has 1 aliphatic carbocycles. The number of aromatic amines is 2. The number of Topliss-reactive ketones (excluding diaryl/α,β-unsaturated/α-hetero) is 1. The van der Waals surface area contributed by atoms with Crippen LogP contribution in [-0.4, -0.2) is 37.8 Å². The molecule has 0 bridgehead atoms. The van der Waals surface area contributed by atoms with E-state index in [9.17, 15) is 4.79 Å². The number of benzene rings is 2. The lowest BCUT2D eigenvalue weighted by Crippen LogP contribution is -2.20. The maximum atomic E-state index is 12.0. The van der Waals surface area contributed by atoms with Crippen molar-refractivity contribution in [2.75, 3.05) is 11.9 Å². The maximum absolute atomic E-state index is 12.0. The number of fused-ring (bicyclic) bond motifs is 1. The van der Waals surface area contributed by atoms with Crippen LogP contribution in [0.2, 0.25) is 0 Å². The number of carbonyl (C=O) groups excluding carboxylic acids is 1. The molecule has 8 nitrogen and oxygen atoms in total. The molecule has 1 saturated carbocycles. The van der Waals surface area contributed by atoms with E-state index in [0.29, 0.717) is 29.9 Å². The van der Waals surface area contributed by atoms with Crippen LogP contribution in [0.4, 0.5) is 11.6 Å². The van der Waals surface area contributed by atoms with Gasteiger partial charge in [0.25, 0.3) is 0 Å². The van der Waals surface area contributed by atoms with Crippen LogP contribution in [0.5, 0.6) is 5.75 Å². The van der Waals surface area contributed by atoms with Gasteiger partial charge in [0, 0.05) is 23.1 Å². The minimum absolute atomic E-state index is 0.132. The van der Waals surface area contributed by atoms with Crippen LogP contribution in [0, 0.1) is 5.92 Å². The van der Waals surface area contributed by atoms with Crippen molar-refractivity contribution >= 4 is 28.3 Å². The van der Waals surface area contributed by atoms with Gasteiger partial charge in [-0.2, -0.15) is 10.1 Å². The number of ether oxygens (including phenoxy) is 1. The largest absolute Gasteiger partial charge is 0.486 e. The van der Waals surface area contributed by atoms with Crippen molar-refractivity contribution in [3.05, 3.63) is 48.7 Å². The van der Waals surface area contributed by atoms with E-state index in [4.69, 9.17) is 4.74 Å². The molecule has 4 aromatic rings. The van der Waals surface area contributed by atoms with Gasteiger partial charge in [0.15, 0.2) is 11.6 Å². The SMILES string of the molecule is O=C(COc1ccc(-c2nc(Nc3ccc4[nH]ncc4c3)n[nH]2)cc1)CC1CCC1. The van der Waals surface area contributed by atoms with Crippen molar-refractivity contribution in [3.8, 4) is 17.1 Å². The van der Waals surface area contributed by atoms with E-state index in [1.165, 1.54) is 19.3 Å². The molecule has 0 aliphatic heterocycles. The van der Waals surface area contributed by atoms with Gasteiger partial charge in [0.1, 0.15) is 12.4 Å². The fourth-order valence-electron chi connectivity index (χ4n) is 3.55. The van der Waals surface area contributed by atoms with Crippen molar-refractivity contribution < 1.29 is 9.53 Å². The summed E-state index contributed by atoms with van der Waals surface area (Å²) in [5.74, 6) is 2.54. The van der Waals surface area contributed by atoms with Crippen molar-refractivity contribution in [1.82, 2.24) is 25.4 Å². The molecule has 1 fully saturated rings. The molecule has 2 heterocycles. The molecule has 0 spiro atoms. The van der Waals surface area contributed by atoms with Crippen LogP contribution in [-0.2, 0) is 4.79 Å². The van der Waals surface area contributed by atoms with E-state index in [1.54, 1.807) is 6.20 Å². The second kappa shape index (κ2) is 7.98. The number of ketones is 1. The Morgan fingerprint density at radius 1 is 1.13 bits per heavy atom. The summed E-state index contributed by atoms with van der Waals surface area (Å²) < 4.78 is 5.63. The Balaban J connectivity index is 1.19. The summed E-state index contributed by atoms with van der Waals surface area (Å²) in [6, 6.07) is 13.3. The topological polar surface area (TPSA) is 109 Å². The molecular formula is C22H22N6O2. The second-order valence-corrected chi connectivity index (χ2v) is 7.66. The lowest BCUT2D eigenvalue weighted by atomic mass is 9.82. The third kappa shape index (κ3) is 4.03. The Kier molecular flexibility index (Phi) is 4.88. The van der Waals surface area contributed by atoms with Gasteiger partial charge in [-0.1, -0.05) is 19.3 Å². The van der Waals surface area contributed by atoms with Crippen molar-refractivity contribution in [1.29, 1.82) is 0 Å². The number of nitrogens with one attached hydrogen (secondary N) is 3. The third-order valence-corrected chi connectivity index (χ3v) is 5.45. The molecule has 8 heteroatoms. The molecule has 30 heavy (non-hydrogen) atoms. The Bertz CT molecular complexity index is 1160. The monoisotopic (exact) mass is 402 g/mol. The molecule has 0 saturated heterocycles. The van der Waals surface area contributed by atoms with Gasteiger partial charge in [-0.15, -0.1) is 5.10 Å². The van der Waals surface area contributed by atoms with Crippen LogP contribution >= 0.6 is 0 Å². The molecule has 5 rings (SSSR count). The van der Waals surface area contributed by atoms with Gasteiger partial charge in [0.05, 0.1) is 11.7 Å². The predicted octanol–water partition coefficient (Wildman–Crippen LogP) is 4.23. The van der Waals surface area contributed by atoms with Gasteiger partial charge in [-0.25, -0.2) is 0 Å². The van der Waals surface area contributed by atoms with E-state index in [2.05, 4.69) is 30.7 Å². The van der Waals surface area contributed by atoms with E-state index in [-0.39, 0.29) is 12.4 Å². The van der Waals surface area contributed by atoms with E-state index >= 15 is 0 Å². The Hall–Kier alpha value is -3.68. The minimum atomic E-state index is 0.132. The lowest BCUT2D eigenvalue weighted by molar-refractivity contribution is -0.122. The number of hydrogen-bond acceptors (Lipinski definition) is 6. The maximum Gasteiger partial charge on any atom is 0.246 e. The van der Waals surface area contributed by atoms with E-state index in [0.717, 1.165) is 22.2 Å². The average molecular weight is 402 g/mol. The summed E-state index contributed by atoms with van der Waals surface area (Å²) in [4.78, 5) is 16.5. The van der Waals surface area contributed by atoms with Gasteiger partial charge >= 0.3 is 0 Å². The molecule has 3 N–H and O–H groups in total. The normalized spacial score (nSPS) is 13.9. The zero-order valence-electron chi connectivity index (χ0n) is 16.4. The summed E-state index contributed by atoms with van der Waals surface area (Å²) in [6.45, 7) is 0.132. The van der Waals surface area contributed by atoms with Crippen molar-refractivity contribution in [2.24, 2.45) is 5.92 Å². The molecule has 0 radical (unpaired) electrons. The first-order valence-electron chi connectivity index (χ1n) is 10.1. The summed E-state index contributed by atoms with van der Waals surface area (Å²) in [5, 5.41) is 18.3. The predicted molar refractivity (Wildman–Crippen MR) is 114 cm³/mol. The highest BCUT2D eigenvalue weighted by molar-refractivity contribution is 5.82. The summed E-state index contributed by atoms with van der Waals surface area (Å²) >= 11 is 0. The molecular weight excluding hydrogens is 380 g/mol. The van der Waals surface area contributed by atoms with Crippen LogP contribution in [0.25, 0.3) is 22.3 Å². The Morgan fingerprint density at radius 3 is 2.80 bits per heavy atom. The van der Waals surface area contributed by atoms with Gasteiger partial charge in [-0.3, -0.25) is 15.0 Å². The number of carbonyl (C=O) groups is 1. The summed E-state index contributed by atoms with van der Waals surface area (Å²) in [7, 11) is 0. The van der Waals surface area contributed by atoms with Crippen molar-refractivity contribution in [2.45, 2.75) is 25.7 Å². The second-order valence-electron chi connectivity index (χ2n) is 7.66. The summed E-state index contributed by atoms with van der Waals surface area (Å²) in [5.41, 5.74) is 2.74. The first-order chi connectivity index (χ1) is 14.7. The average Bonchev–Trinajstić information content (AvgIpc) is 3.39. The van der Waals surface area contributed by atoms with Crippen LogP contribution in [0.15, 0.2) is 48.7 Å². The smallest absolute Gasteiger partial charge is 0.246 e. The van der Waals surface area contributed by atoms with Crippen LogP contribution in [0.3, 0.4) is 0 Å². The van der Waals surface area contributed by atoms with Crippen LogP contribution in [0.1, 0.15) is 25.7 Å². The first-order valence-corrected chi connectivity index (χ1v) is 10.1. The van der Waals surface area contributed by atoms with Gasteiger partial charge in [-0.05, 0) is 48.4 Å². The zero-order valence-corrected chi connectivity index (χ0v) is 16.4. The number of anilines is 2. The molecule has 0 amide bonds. The Labute approximate surface area is 173 Å². The third-order valence-electron chi connectivity index (χ3n) is 5.45. The van der Waals surface area contributed by atoms with E-state index in [1.807, 2.05) is 42.5 Å². The molecule has 152 valence electrons. The highest BCUT2D eigenvalue weighted by Gasteiger charge is 2.20. The Morgan fingerprint density at radius 2 is 2.00 bits per heavy atom. The fourth-order valence-corrected chi connectivity index (χ4v) is 3.55. The fraction of sp³-hybridized carbons (Fsp3) is 0.273. The molecule has 2 aromatic carbocycles. The van der Waals surface area contributed by atoms with Gasteiger partial charge < -0.3 is 10.1 Å². The molecule has 1 aliphatic rings. The summed E-state index contributed by atoms with van der Waals surface area (Å²) in [6.07, 6.45) is 6.01. The first kappa shape index (κ1) is 18.4. The highest BCUT2D eigenvalue weighted by Crippen LogP contribution is 2.29. The standard InChI is InChI=1S/C22H22N6O2/c29-18(10-14-2-1-3-14)13-30-19-7-4-15(5-8-19)21-25-22(28-27-21)24-17-6-9-20-16(11-17)12-23-26-20/h4-9,11-12,14H,1-3,10,13H2,(H,23,26)(H2,24,25,27,28). The van der Waals surface area contributed by atoms with Gasteiger partial charge in [0.2, 0.25) is 5.95 Å². The molecule has 0 atom stereocenters. The molecule has 2 aromatic heterocycles. The highest BCUT2D eigenvalue weighted by atomic mass is 16.5. The number of aromatic nitrogens is 5. The number of hydrogen-bond donors (Lipinski definition) is 3. The number of H-pyrrole nitrogens is 2.